The van der Waals surface area contributed by atoms with E-state index in [2.05, 4.69) is 15.5 Å². The average Bonchev–Trinajstić information content (AvgIpc) is 2.75. The van der Waals surface area contributed by atoms with Crippen LogP contribution in [0.25, 0.3) is 0 Å². The van der Waals surface area contributed by atoms with Gasteiger partial charge >= 0.3 is 11.8 Å². The average molecular weight is 415 g/mol. The van der Waals surface area contributed by atoms with Crippen LogP contribution in [0.5, 0.6) is 0 Å². The van der Waals surface area contributed by atoms with E-state index in [-0.39, 0.29) is 23.7 Å². The second-order valence-corrected chi connectivity index (χ2v) is 6.76. The Balaban J connectivity index is 1.41. The first-order valence-electron chi connectivity index (χ1n) is 9.50. The fourth-order valence-electron chi connectivity index (χ4n) is 3.25. The number of amides is 2. The minimum atomic E-state index is -0.964. The number of anilines is 2. The van der Waals surface area contributed by atoms with Crippen molar-refractivity contribution in [2.75, 3.05) is 49.5 Å². The lowest BCUT2D eigenvalue weighted by Crippen LogP contribution is -2.49. The molecule has 1 fully saturated rings. The lowest BCUT2D eigenvalue weighted by molar-refractivity contribution is -0.383. The Hall–Kier alpha value is -3.53. The van der Waals surface area contributed by atoms with E-state index in [1.165, 1.54) is 30.3 Å². The van der Waals surface area contributed by atoms with Gasteiger partial charge in [-0.3, -0.25) is 24.6 Å². The highest BCUT2D eigenvalue weighted by atomic mass is 19.1. The number of nitro groups is 1. The smallest absolute Gasteiger partial charge is 0.313 e. The molecule has 0 aliphatic carbocycles. The van der Waals surface area contributed by atoms with E-state index < -0.39 is 16.7 Å². The van der Waals surface area contributed by atoms with Crippen LogP contribution < -0.4 is 15.5 Å². The SMILES string of the molecule is O=C(NCCN1CCN(c2ccccc2F)CC1)C(=O)Nc1ccccc1[N+](=O)[O-]. The number of hydrogen-bond donors (Lipinski definition) is 2. The highest BCUT2D eigenvalue weighted by Gasteiger charge is 2.21. The maximum Gasteiger partial charge on any atom is 0.313 e. The normalized spacial score (nSPS) is 14.2. The van der Waals surface area contributed by atoms with Crippen LogP contribution in [0.1, 0.15) is 0 Å². The van der Waals surface area contributed by atoms with Gasteiger partial charge in [0, 0.05) is 45.3 Å². The van der Waals surface area contributed by atoms with Gasteiger partial charge in [-0.25, -0.2) is 4.39 Å². The van der Waals surface area contributed by atoms with Crippen molar-refractivity contribution in [2.24, 2.45) is 0 Å². The van der Waals surface area contributed by atoms with Crippen molar-refractivity contribution in [2.45, 2.75) is 0 Å². The molecule has 3 rings (SSSR count). The minimum absolute atomic E-state index is 0.0353. The molecule has 30 heavy (non-hydrogen) atoms. The number of nitrogens with zero attached hydrogens (tertiary/aromatic N) is 3. The van der Waals surface area contributed by atoms with E-state index >= 15 is 0 Å². The van der Waals surface area contributed by atoms with Crippen LogP contribution in [-0.2, 0) is 9.59 Å². The van der Waals surface area contributed by atoms with Crippen molar-refractivity contribution < 1.29 is 18.9 Å². The van der Waals surface area contributed by atoms with Crippen LogP contribution in [0.4, 0.5) is 21.5 Å². The van der Waals surface area contributed by atoms with E-state index in [0.717, 1.165) is 0 Å². The minimum Gasteiger partial charge on any atom is -0.367 e. The Morgan fingerprint density at radius 3 is 2.37 bits per heavy atom. The van der Waals surface area contributed by atoms with Gasteiger partial charge in [-0.05, 0) is 18.2 Å². The van der Waals surface area contributed by atoms with Crippen LogP contribution in [0.2, 0.25) is 0 Å². The summed E-state index contributed by atoms with van der Waals surface area (Å²) < 4.78 is 13.9. The number of rotatable bonds is 6. The highest BCUT2D eigenvalue weighted by Crippen LogP contribution is 2.23. The first-order chi connectivity index (χ1) is 14.5. The van der Waals surface area contributed by atoms with E-state index in [9.17, 15) is 24.1 Å². The molecule has 0 saturated carbocycles. The fourth-order valence-corrected chi connectivity index (χ4v) is 3.25. The summed E-state index contributed by atoms with van der Waals surface area (Å²) in [6.45, 7) is 3.51. The predicted octanol–water partition coefficient (Wildman–Crippen LogP) is 1.61. The second-order valence-electron chi connectivity index (χ2n) is 6.76. The number of benzene rings is 2. The Morgan fingerprint density at radius 2 is 1.67 bits per heavy atom. The Bertz CT molecular complexity index is 931. The maximum absolute atomic E-state index is 13.9. The molecule has 0 aromatic heterocycles. The molecule has 10 heteroatoms. The monoisotopic (exact) mass is 415 g/mol. The molecule has 1 aliphatic heterocycles. The van der Waals surface area contributed by atoms with E-state index in [0.29, 0.717) is 38.4 Å². The standard InChI is InChI=1S/C20H22FN5O4/c21-15-5-1-3-7-17(15)25-13-11-24(12-14-25)10-9-22-19(27)20(28)23-16-6-2-4-8-18(16)26(29)30/h1-8H,9-14H2,(H,22,27)(H,23,28). The third kappa shape index (κ3) is 5.29. The lowest BCUT2D eigenvalue weighted by atomic mass is 10.2. The van der Waals surface area contributed by atoms with Gasteiger partial charge in [-0.1, -0.05) is 24.3 Å². The van der Waals surface area contributed by atoms with Crippen molar-refractivity contribution in [3.8, 4) is 0 Å². The van der Waals surface area contributed by atoms with Crippen molar-refractivity contribution >= 4 is 28.9 Å². The molecular weight excluding hydrogens is 393 g/mol. The number of para-hydroxylation sites is 3. The Labute approximate surface area is 172 Å². The van der Waals surface area contributed by atoms with Crippen molar-refractivity contribution in [3.05, 3.63) is 64.5 Å². The number of halogens is 1. The Kier molecular flexibility index (Phi) is 6.91. The molecule has 9 nitrogen and oxygen atoms in total. The van der Waals surface area contributed by atoms with Crippen molar-refractivity contribution in [1.82, 2.24) is 10.2 Å². The molecule has 0 bridgehead atoms. The molecule has 1 aliphatic rings. The maximum atomic E-state index is 13.9. The molecule has 0 unspecified atom stereocenters. The zero-order valence-corrected chi connectivity index (χ0v) is 16.2. The largest absolute Gasteiger partial charge is 0.367 e. The van der Waals surface area contributed by atoms with Crippen LogP contribution in [0.15, 0.2) is 48.5 Å². The second kappa shape index (κ2) is 9.79. The fraction of sp³-hybridized carbons (Fsp3) is 0.300. The lowest BCUT2D eigenvalue weighted by Gasteiger charge is -2.36. The number of nitro benzene ring substituents is 1. The highest BCUT2D eigenvalue weighted by molar-refractivity contribution is 6.39. The molecule has 2 aromatic rings. The third-order valence-corrected chi connectivity index (χ3v) is 4.83. The summed E-state index contributed by atoms with van der Waals surface area (Å²) in [4.78, 5) is 38.4. The molecule has 2 amide bonds. The van der Waals surface area contributed by atoms with Crippen molar-refractivity contribution in [1.29, 1.82) is 0 Å². The van der Waals surface area contributed by atoms with Crippen molar-refractivity contribution in [3.63, 3.8) is 0 Å². The Morgan fingerprint density at radius 1 is 1.00 bits per heavy atom. The first-order valence-corrected chi connectivity index (χ1v) is 9.50. The van der Waals surface area contributed by atoms with Gasteiger partial charge in [-0.15, -0.1) is 0 Å². The van der Waals surface area contributed by atoms with Gasteiger partial charge < -0.3 is 15.5 Å². The predicted molar refractivity (Wildman–Crippen MR) is 110 cm³/mol. The first kappa shape index (κ1) is 21.2. The third-order valence-electron chi connectivity index (χ3n) is 4.83. The topological polar surface area (TPSA) is 108 Å². The zero-order chi connectivity index (χ0) is 21.5. The quantitative estimate of drug-likeness (QED) is 0.422. The van der Waals surface area contributed by atoms with Gasteiger partial charge in [0.1, 0.15) is 11.5 Å². The number of piperazine rings is 1. The van der Waals surface area contributed by atoms with Gasteiger partial charge in [0.05, 0.1) is 10.6 Å². The van der Waals surface area contributed by atoms with Gasteiger partial charge in [0.15, 0.2) is 0 Å². The molecule has 158 valence electrons. The van der Waals surface area contributed by atoms with Gasteiger partial charge in [-0.2, -0.15) is 0 Å². The summed E-state index contributed by atoms with van der Waals surface area (Å²) in [6.07, 6.45) is 0. The zero-order valence-electron chi connectivity index (χ0n) is 16.2. The number of carbonyl (C=O) groups excluding carboxylic acids is 2. The molecule has 0 radical (unpaired) electrons. The molecule has 1 saturated heterocycles. The van der Waals surface area contributed by atoms with Gasteiger partial charge in [0.25, 0.3) is 5.69 Å². The summed E-state index contributed by atoms with van der Waals surface area (Å²) in [5, 5.41) is 15.8. The van der Waals surface area contributed by atoms with Gasteiger partial charge in [0.2, 0.25) is 0 Å². The summed E-state index contributed by atoms with van der Waals surface area (Å²) >= 11 is 0. The van der Waals surface area contributed by atoms with Crippen LogP contribution in [0.3, 0.4) is 0 Å². The molecule has 0 spiro atoms. The summed E-state index contributed by atoms with van der Waals surface area (Å²) in [5.74, 6) is -2.07. The summed E-state index contributed by atoms with van der Waals surface area (Å²) in [6, 6.07) is 12.3. The molecular formula is C20H22FN5O4. The molecule has 2 aromatic carbocycles. The number of hydrogen-bond acceptors (Lipinski definition) is 6. The van der Waals surface area contributed by atoms with E-state index in [1.54, 1.807) is 18.2 Å². The van der Waals surface area contributed by atoms with Crippen LogP contribution in [0, 0.1) is 15.9 Å². The van der Waals surface area contributed by atoms with Crippen LogP contribution in [-0.4, -0.2) is 60.9 Å². The molecule has 0 atom stereocenters. The van der Waals surface area contributed by atoms with Crippen LogP contribution >= 0.6 is 0 Å². The van der Waals surface area contributed by atoms with E-state index in [4.69, 9.17) is 0 Å². The molecule has 1 heterocycles. The summed E-state index contributed by atoms with van der Waals surface area (Å²) in [5.41, 5.74) is 0.260. The summed E-state index contributed by atoms with van der Waals surface area (Å²) in [7, 11) is 0. The van der Waals surface area contributed by atoms with E-state index in [1.807, 2.05) is 4.90 Å². The molecule has 2 N–H and O–H groups in total. The number of carbonyl (C=O) groups is 2. The number of nitrogens with one attached hydrogen (secondary N) is 2.